The lowest BCUT2D eigenvalue weighted by Crippen LogP contribution is -2.17. The van der Waals surface area contributed by atoms with Crippen LogP contribution in [0.5, 0.6) is 0 Å². The van der Waals surface area contributed by atoms with Crippen molar-refractivity contribution in [3.05, 3.63) is 35.9 Å². The molecule has 1 unspecified atom stereocenters. The summed E-state index contributed by atoms with van der Waals surface area (Å²) in [4.78, 5) is 0. The van der Waals surface area contributed by atoms with Crippen LogP contribution in [0.15, 0.2) is 30.3 Å². The second-order valence-electron chi connectivity index (χ2n) is 8.08. The lowest BCUT2D eigenvalue weighted by Gasteiger charge is -2.19. The number of unbranched alkanes of at least 4 members (excludes halogenated alkanes) is 9. The van der Waals surface area contributed by atoms with E-state index in [1.807, 2.05) is 25.1 Å². The third kappa shape index (κ3) is 12.8. The first-order valence-corrected chi connectivity index (χ1v) is 13.3. The molecule has 170 valence electrons. The van der Waals surface area contributed by atoms with Crippen molar-refractivity contribution < 1.29 is 9.29 Å². The van der Waals surface area contributed by atoms with Crippen molar-refractivity contribution in [1.82, 2.24) is 0 Å². The molecule has 0 aliphatic carbocycles. The van der Waals surface area contributed by atoms with Crippen LogP contribution in [0.25, 0.3) is 0 Å². The Bertz CT molecular complexity index is 615. The van der Waals surface area contributed by atoms with Crippen molar-refractivity contribution in [3.8, 4) is 6.07 Å². The molecule has 0 bridgehead atoms. The number of benzene rings is 1. The average molecular weight is 452 g/mol. The molecule has 1 rings (SSSR count). The van der Waals surface area contributed by atoms with Gasteiger partial charge in [0.05, 0.1) is 21.6 Å². The molecule has 0 saturated heterocycles. The summed E-state index contributed by atoms with van der Waals surface area (Å²) in [5, 5.41) is 18.8. The molecular formula is C25H41NO2S2. The van der Waals surface area contributed by atoms with Gasteiger partial charge in [-0.2, -0.15) is 16.6 Å². The molecule has 0 amide bonds. The SMILES string of the molecule is CCCCCCCCCCCCOSC(=[SH]C(C)(C#N)CCCO)c1ccccc1. The second-order valence-corrected chi connectivity index (χ2v) is 10.9. The van der Waals surface area contributed by atoms with E-state index in [0.29, 0.717) is 12.8 Å². The van der Waals surface area contributed by atoms with E-state index in [9.17, 15) is 5.26 Å². The van der Waals surface area contributed by atoms with Gasteiger partial charge in [-0.05, 0) is 31.7 Å². The highest BCUT2D eigenvalue weighted by atomic mass is 32.2. The number of nitrogens with zero attached hydrogens (tertiary/aromatic N) is 1. The van der Waals surface area contributed by atoms with Crippen molar-refractivity contribution in [2.24, 2.45) is 0 Å². The summed E-state index contributed by atoms with van der Waals surface area (Å²) in [5.74, 6) is 0. The van der Waals surface area contributed by atoms with Gasteiger partial charge in [-0.3, -0.25) is 0 Å². The zero-order chi connectivity index (χ0) is 21.9. The highest BCUT2D eigenvalue weighted by molar-refractivity contribution is 8.25. The normalized spacial score (nSPS) is 14.0. The van der Waals surface area contributed by atoms with Crippen molar-refractivity contribution >= 4 is 27.6 Å². The van der Waals surface area contributed by atoms with E-state index >= 15 is 0 Å². The fourth-order valence-corrected chi connectivity index (χ4v) is 5.75. The van der Waals surface area contributed by atoms with Gasteiger partial charge >= 0.3 is 0 Å². The van der Waals surface area contributed by atoms with Gasteiger partial charge in [-0.1, -0.05) is 95.0 Å². The Kier molecular flexibility index (Phi) is 16.2. The molecule has 5 heteroatoms. The number of thiol groups is 1. The Labute approximate surface area is 192 Å². The number of aliphatic hydroxyl groups is 1. The molecule has 0 aliphatic heterocycles. The van der Waals surface area contributed by atoms with E-state index in [-0.39, 0.29) is 6.61 Å². The largest absolute Gasteiger partial charge is 0.396 e. The maximum atomic E-state index is 9.68. The molecule has 30 heavy (non-hydrogen) atoms. The van der Waals surface area contributed by atoms with Crippen molar-refractivity contribution in [2.75, 3.05) is 13.2 Å². The first kappa shape index (κ1) is 27.2. The van der Waals surface area contributed by atoms with Crippen LogP contribution in [0, 0.1) is 11.3 Å². The molecule has 1 N–H and O–H groups in total. The molecule has 3 nitrogen and oxygen atoms in total. The lowest BCUT2D eigenvalue weighted by atomic mass is 10.1. The summed E-state index contributed by atoms with van der Waals surface area (Å²) < 4.78 is 6.49. The van der Waals surface area contributed by atoms with Crippen LogP contribution in [0.1, 0.15) is 96.5 Å². The standard InChI is InChI=1S/C25H41NO2S2/c1-3-4-5-6-7-8-9-10-11-15-21-28-30-24(23-17-13-12-14-18-23)29-25(2,22-26)19-16-20-27/h12-14,17-18,27,29H,3-11,15-16,19-21H2,1-2H3. The summed E-state index contributed by atoms with van der Waals surface area (Å²) in [6, 6.07) is 12.6. The van der Waals surface area contributed by atoms with E-state index in [4.69, 9.17) is 9.29 Å². The molecular weight excluding hydrogens is 410 g/mol. The van der Waals surface area contributed by atoms with E-state index in [1.165, 1.54) is 69.8 Å². The third-order valence-electron chi connectivity index (χ3n) is 5.15. The summed E-state index contributed by atoms with van der Waals surface area (Å²) in [6.07, 6.45) is 14.5. The molecule has 0 heterocycles. The van der Waals surface area contributed by atoms with Gasteiger partial charge in [0.25, 0.3) is 0 Å². The smallest absolute Gasteiger partial charge is 0.0934 e. The van der Waals surface area contributed by atoms with Gasteiger partial charge in [-0.15, -0.1) is 0 Å². The predicted octanol–water partition coefficient (Wildman–Crippen LogP) is 7.27. The molecule has 0 spiro atoms. The quantitative estimate of drug-likeness (QED) is 0.113. The Morgan fingerprint density at radius 3 is 2.17 bits per heavy atom. The molecule has 1 aromatic carbocycles. The molecule has 1 aromatic rings. The van der Waals surface area contributed by atoms with Crippen LogP contribution < -0.4 is 0 Å². The third-order valence-corrected chi connectivity index (χ3v) is 7.60. The first-order chi connectivity index (χ1) is 14.6. The zero-order valence-electron chi connectivity index (χ0n) is 18.9. The minimum absolute atomic E-state index is 0.121. The number of rotatable bonds is 17. The minimum Gasteiger partial charge on any atom is -0.396 e. The Hall–Kier alpha value is -0.800. The molecule has 0 radical (unpaired) electrons. The molecule has 0 aliphatic rings. The van der Waals surface area contributed by atoms with E-state index < -0.39 is 4.75 Å². The second kappa shape index (κ2) is 17.8. The average Bonchev–Trinajstić information content (AvgIpc) is 2.78. The van der Waals surface area contributed by atoms with E-state index in [1.54, 1.807) is 0 Å². The summed E-state index contributed by atoms with van der Waals surface area (Å²) in [7, 11) is 0. The Morgan fingerprint density at radius 1 is 1.00 bits per heavy atom. The maximum Gasteiger partial charge on any atom is 0.0934 e. The highest BCUT2D eigenvalue weighted by Crippen LogP contribution is 2.30. The van der Waals surface area contributed by atoms with Gasteiger partial charge in [-0.25, -0.2) is 0 Å². The number of nitriles is 1. The van der Waals surface area contributed by atoms with Gasteiger partial charge in [0.15, 0.2) is 0 Å². The van der Waals surface area contributed by atoms with Gasteiger partial charge in [0, 0.05) is 18.6 Å². The van der Waals surface area contributed by atoms with Gasteiger partial charge < -0.3 is 9.29 Å². The van der Waals surface area contributed by atoms with Crippen LogP contribution in [-0.4, -0.2) is 27.3 Å². The van der Waals surface area contributed by atoms with E-state index in [2.05, 4.69) is 25.1 Å². The lowest BCUT2D eigenvalue weighted by molar-refractivity contribution is 0.282. The summed E-state index contributed by atoms with van der Waals surface area (Å²) in [5.41, 5.74) is 1.11. The monoisotopic (exact) mass is 451 g/mol. The van der Waals surface area contributed by atoms with Crippen molar-refractivity contribution in [1.29, 1.82) is 5.26 Å². The Morgan fingerprint density at radius 2 is 1.60 bits per heavy atom. The van der Waals surface area contributed by atoms with E-state index in [0.717, 1.165) is 34.1 Å². The highest BCUT2D eigenvalue weighted by Gasteiger charge is 2.22. The van der Waals surface area contributed by atoms with Gasteiger partial charge in [0.1, 0.15) is 0 Å². The fraction of sp³-hybridized carbons (Fsp3) is 0.680. The zero-order valence-corrected chi connectivity index (χ0v) is 20.7. The van der Waals surface area contributed by atoms with Gasteiger partial charge in [0.2, 0.25) is 0 Å². The number of aliphatic hydroxyl groups excluding tert-OH is 1. The van der Waals surface area contributed by atoms with Crippen LogP contribution in [-0.2, 0) is 4.18 Å². The Balaban J connectivity index is 2.38. The van der Waals surface area contributed by atoms with Crippen LogP contribution in [0.3, 0.4) is 0 Å². The molecule has 0 fully saturated rings. The van der Waals surface area contributed by atoms with Crippen LogP contribution >= 0.6 is 23.4 Å². The molecule has 0 saturated carbocycles. The minimum atomic E-state index is -0.513. The number of hydrogen-bond donors (Lipinski definition) is 2. The van der Waals surface area contributed by atoms with Crippen molar-refractivity contribution in [3.63, 3.8) is 0 Å². The topological polar surface area (TPSA) is 53.2 Å². The van der Waals surface area contributed by atoms with Crippen LogP contribution in [0.4, 0.5) is 0 Å². The molecule has 1 atom stereocenters. The molecule has 0 aromatic heterocycles. The fourth-order valence-electron chi connectivity index (χ4n) is 3.24. The van der Waals surface area contributed by atoms with Crippen LogP contribution in [0.2, 0.25) is 0 Å². The predicted molar refractivity (Wildman–Crippen MR) is 135 cm³/mol. The number of hydrogen-bond acceptors (Lipinski definition) is 4. The summed E-state index contributed by atoms with van der Waals surface area (Å²) >= 11 is 2.37. The first-order valence-electron chi connectivity index (χ1n) is 11.6. The maximum absolute atomic E-state index is 9.68. The summed E-state index contributed by atoms with van der Waals surface area (Å²) in [6.45, 7) is 5.10. The van der Waals surface area contributed by atoms with Crippen molar-refractivity contribution in [2.45, 2.75) is 95.6 Å².